The summed E-state index contributed by atoms with van der Waals surface area (Å²) in [6.07, 6.45) is 2.09. The van der Waals surface area contributed by atoms with E-state index < -0.39 is 12.1 Å². The van der Waals surface area contributed by atoms with Crippen LogP contribution in [0.15, 0.2) is 72.0 Å². The molecule has 2 aromatic carbocycles. The molecule has 1 saturated heterocycles. The van der Waals surface area contributed by atoms with Crippen molar-refractivity contribution in [2.75, 3.05) is 13.1 Å². The SMILES string of the molecule is O=C(NC[C@@H]1CC(Br)=NO1)[C@@H]1CC(c2ccccc2)CN1C(=O)OCc1cnc2ccccc2c1. The van der Waals surface area contributed by atoms with E-state index in [9.17, 15) is 9.59 Å². The number of hydrogen-bond donors (Lipinski definition) is 1. The predicted octanol–water partition coefficient (Wildman–Crippen LogP) is 4.34. The lowest BCUT2D eigenvalue weighted by atomic mass is 9.96. The second kappa shape index (κ2) is 10.4. The first-order valence-corrected chi connectivity index (χ1v) is 12.3. The Morgan fingerprint density at radius 3 is 2.74 bits per heavy atom. The summed E-state index contributed by atoms with van der Waals surface area (Å²) in [4.78, 5) is 37.5. The van der Waals surface area contributed by atoms with E-state index in [-0.39, 0.29) is 24.5 Å². The highest BCUT2D eigenvalue weighted by molar-refractivity contribution is 9.18. The minimum absolute atomic E-state index is 0.0436. The molecule has 0 bridgehead atoms. The molecule has 5 rings (SSSR count). The van der Waals surface area contributed by atoms with Gasteiger partial charge in [-0.15, -0.1) is 0 Å². The lowest BCUT2D eigenvalue weighted by Gasteiger charge is -2.23. The highest BCUT2D eigenvalue weighted by Crippen LogP contribution is 2.32. The van der Waals surface area contributed by atoms with Crippen molar-refractivity contribution in [3.8, 4) is 0 Å². The van der Waals surface area contributed by atoms with Gasteiger partial charge in [0, 0.05) is 36.0 Å². The van der Waals surface area contributed by atoms with Gasteiger partial charge < -0.3 is 14.9 Å². The molecule has 35 heavy (non-hydrogen) atoms. The van der Waals surface area contributed by atoms with Crippen molar-refractivity contribution in [2.24, 2.45) is 5.16 Å². The Kier molecular flexibility index (Phi) is 6.94. The van der Waals surface area contributed by atoms with Crippen LogP contribution in [0.25, 0.3) is 10.9 Å². The van der Waals surface area contributed by atoms with Gasteiger partial charge in [-0.05, 0) is 40.0 Å². The van der Waals surface area contributed by atoms with Gasteiger partial charge in [0.25, 0.3) is 0 Å². The summed E-state index contributed by atoms with van der Waals surface area (Å²) in [6, 6.07) is 19.0. The van der Waals surface area contributed by atoms with Gasteiger partial charge in [0.2, 0.25) is 5.91 Å². The molecule has 2 aliphatic heterocycles. The van der Waals surface area contributed by atoms with Crippen LogP contribution in [0.4, 0.5) is 4.79 Å². The smallest absolute Gasteiger partial charge is 0.410 e. The summed E-state index contributed by atoms with van der Waals surface area (Å²) >= 11 is 3.30. The fraction of sp³-hybridized carbons (Fsp3) is 0.308. The number of amides is 2. The maximum absolute atomic E-state index is 13.1. The molecule has 0 radical (unpaired) electrons. The van der Waals surface area contributed by atoms with Crippen molar-refractivity contribution >= 4 is 43.5 Å². The summed E-state index contributed by atoms with van der Waals surface area (Å²) in [5.74, 6) is -0.179. The molecular formula is C26H25BrN4O4. The summed E-state index contributed by atoms with van der Waals surface area (Å²) in [5.41, 5.74) is 2.77. The van der Waals surface area contributed by atoms with Crippen LogP contribution in [0.2, 0.25) is 0 Å². The van der Waals surface area contributed by atoms with Crippen molar-refractivity contribution in [2.45, 2.75) is 37.5 Å². The normalized spacial score (nSPS) is 21.5. The van der Waals surface area contributed by atoms with Crippen LogP contribution >= 0.6 is 15.9 Å². The van der Waals surface area contributed by atoms with E-state index in [0.29, 0.717) is 25.9 Å². The number of benzene rings is 2. The van der Waals surface area contributed by atoms with E-state index in [2.05, 4.69) is 31.4 Å². The molecule has 3 atom stereocenters. The molecule has 2 amide bonds. The number of aromatic nitrogens is 1. The van der Waals surface area contributed by atoms with Crippen LogP contribution in [-0.2, 0) is 21.0 Å². The number of oxime groups is 1. The zero-order valence-corrected chi connectivity index (χ0v) is 20.6. The third kappa shape index (κ3) is 5.45. The molecule has 0 aliphatic carbocycles. The Bertz CT molecular complexity index is 1250. The van der Waals surface area contributed by atoms with E-state index in [1.54, 1.807) is 6.20 Å². The number of para-hydroxylation sites is 1. The molecular weight excluding hydrogens is 512 g/mol. The molecule has 9 heteroatoms. The Labute approximate surface area is 211 Å². The van der Waals surface area contributed by atoms with Gasteiger partial charge in [-0.2, -0.15) is 0 Å². The molecule has 1 N–H and O–H groups in total. The van der Waals surface area contributed by atoms with Crippen molar-refractivity contribution in [3.63, 3.8) is 0 Å². The highest BCUT2D eigenvalue weighted by atomic mass is 79.9. The van der Waals surface area contributed by atoms with Crippen molar-refractivity contribution in [1.29, 1.82) is 0 Å². The van der Waals surface area contributed by atoms with Gasteiger partial charge >= 0.3 is 6.09 Å². The quantitative estimate of drug-likeness (QED) is 0.505. The van der Waals surface area contributed by atoms with Gasteiger partial charge in [0.1, 0.15) is 17.3 Å². The number of pyridine rings is 1. The summed E-state index contributed by atoms with van der Waals surface area (Å²) in [7, 11) is 0. The van der Waals surface area contributed by atoms with Gasteiger partial charge in [-0.25, -0.2) is 4.79 Å². The van der Waals surface area contributed by atoms with Crippen molar-refractivity contribution in [1.82, 2.24) is 15.2 Å². The molecule has 1 unspecified atom stereocenters. The molecule has 1 fully saturated rings. The minimum Gasteiger partial charge on any atom is -0.444 e. The average molecular weight is 537 g/mol. The molecule has 180 valence electrons. The number of carbonyl (C=O) groups is 2. The fourth-order valence-corrected chi connectivity index (χ4v) is 4.96. The number of fused-ring (bicyclic) bond motifs is 1. The lowest BCUT2D eigenvalue weighted by molar-refractivity contribution is -0.125. The standard InChI is InChI=1S/C26H25BrN4O4/c27-24-12-21(35-30-24)14-29-25(32)23-11-20(18-6-2-1-3-7-18)15-31(23)26(33)34-16-17-10-19-8-4-5-9-22(19)28-13-17/h1-10,13,20-21,23H,11-12,14-16H2,(H,29,32)/t20?,21-,23-/m0/s1. The van der Waals surface area contributed by atoms with Gasteiger partial charge in [-0.1, -0.05) is 53.7 Å². The molecule has 3 aromatic rings. The molecule has 3 heterocycles. The number of nitrogens with zero attached hydrogens (tertiary/aromatic N) is 3. The highest BCUT2D eigenvalue weighted by Gasteiger charge is 2.41. The molecule has 0 saturated carbocycles. The van der Waals surface area contributed by atoms with Gasteiger partial charge in [0.05, 0.1) is 12.1 Å². The van der Waals surface area contributed by atoms with Crippen LogP contribution in [0.1, 0.15) is 29.9 Å². The number of likely N-dealkylation sites (tertiary alicyclic amines) is 1. The Morgan fingerprint density at radius 2 is 1.94 bits per heavy atom. The number of halogens is 1. The Morgan fingerprint density at radius 1 is 1.14 bits per heavy atom. The van der Waals surface area contributed by atoms with E-state index in [1.807, 2.05) is 60.7 Å². The van der Waals surface area contributed by atoms with Crippen molar-refractivity contribution in [3.05, 3.63) is 78.0 Å². The second-order valence-electron chi connectivity index (χ2n) is 8.75. The van der Waals surface area contributed by atoms with E-state index >= 15 is 0 Å². The number of rotatable bonds is 6. The average Bonchev–Trinajstić information content (AvgIpc) is 3.53. The van der Waals surface area contributed by atoms with E-state index in [1.165, 1.54) is 4.90 Å². The minimum atomic E-state index is -0.631. The summed E-state index contributed by atoms with van der Waals surface area (Å²) < 4.78 is 6.35. The molecule has 1 aromatic heterocycles. The molecule has 2 aliphatic rings. The zero-order valence-electron chi connectivity index (χ0n) is 19.0. The summed E-state index contributed by atoms with van der Waals surface area (Å²) in [5, 5.41) is 7.75. The number of ether oxygens (including phenoxy) is 1. The topological polar surface area (TPSA) is 93.1 Å². The largest absolute Gasteiger partial charge is 0.444 e. The maximum atomic E-state index is 13.1. The van der Waals surface area contributed by atoms with Crippen LogP contribution < -0.4 is 5.32 Å². The van der Waals surface area contributed by atoms with Gasteiger partial charge in [0.15, 0.2) is 6.10 Å². The van der Waals surface area contributed by atoms with Crippen LogP contribution in [0, 0.1) is 0 Å². The van der Waals surface area contributed by atoms with Crippen LogP contribution in [0.3, 0.4) is 0 Å². The number of carbonyl (C=O) groups excluding carboxylic acids is 2. The fourth-order valence-electron chi connectivity index (χ4n) is 4.51. The monoisotopic (exact) mass is 536 g/mol. The van der Waals surface area contributed by atoms with Crippen LogP contribution in [0.5, 0.6) is 0 Å². The lowest BCUT2D eigenvalue weighted by Crippen LogP contribution is -2.47. The first-order chi connectivity index (χ1) is 17.1. The van der Waals surface area contributed by atoms with Crippen LogP contribution in [-0.4, -0.2) is 51.7 Å². The Balaban J connectivity index is 1.26. The number of hydrogen-bond acceptors (Lipinski definition) is 6. The van der Waals surface area contributed by atoms with Gasteiger partial charge in [-0.3, -0.25) is 14.7 Å². The van der Waals surface area contributed by atoms with E-state index in [0.717, 1.165) is 26.7 Å². The molecule has 0 spiro atoms. The summed E-state index contributed by atoms with van der Waals surface area (Å²) in [6.45, 7) is 0.805. The molecule has 8 nitrogen and oxygen atoms in total. The van der Waals surface area contributed by atoms with E-state index in [4.69, 9.17) is 9.57 Å². The van der Waals surface area contributed by atoms with Crippen molar-refractivity contribution < 1.29 is 19.2 Å². The zero-order chi connectivity index (χ0) is 24.2. The second-order valence-corrected chi connectivity index (χ2v) is 9.66. The third-order valence-corrected chi connectivity index (χ3v) is 6.79. The first-order valence-electron chi connectivity index (χ1n) is 11.5. The first kappa shape index (κ1) is 23.3. The Hall–Kier alpha value is -3.46. The third-order valence-electron chi connectivity index (χ3n) is 6.32. The maximum Gasteiger partial charge on any atom is 0.410 e. The predicted molar refractivity (Wildman–Crippen MR) is 135 cm³/mol. The number of nitrogens with one attached hydrogen (secondary N) is 1.